The second kappa shape index (κ2) is 7.35. The molecule has 0 unspecified atom stereocenters. The molecule has 0 aliphatic heterocycles. The van der Waals surface area contributed by atoms with Gasteiger partial charge in [-0.3, -0.25) is 4.79 Å². The summed E-state index contributed by atoms with van der Waals surface area (Å²) >= 11 is 0. The first-order chi connectivity index (χ1) is 13.5. The van der Waals surface area contributed by atoms with E-state index in [9.17, 15) is 9.18 Å². The second-order valence-electron chi connectivity index (χ2n) is 7.04. The molecule has 142 valence electrons. The molecule has 2 aromatic heterocycles. The number of amides is 1. The molecule has 5 heteroatoms. The fourth-order valence-electron chi connectivity index (χ4n) is 3.47. The molecule has 4 nitrogen and oxygen atoms in total. The molecule has 0 radical (unpaired) electrons. The number of nitrogens with zero attached hydrogens (tertiary/aromatic N) is 1. The minimum absolute atomic E-state index is 0.0194. The van der Waals surface area contributed by atoms with Gasteiger partial charge in [-0.25, -0.2) is 4.39 Å². The maximum Gasteiger partial charge on any atom is 0.243 e. The van der Waals surface area contributed by atoms with E-state index in [-0.39, 0.29) is 17.8 Å². The number of aryl methyl sites for hydroxylation is 1. The van der Waals surface area contributed by atoms with Gasteiger partial charge in [-0.05, 0) is 79.1 Å². The Bertz CT molecular complexity index is 1110. The van der Waals surface area contributed by atoms with E-state index in [1.165, 1.54) is 12.1 Å². The molecule has 2 heterocycles. The fourth-order valence-corrected chi connectivity index (χ4v) is 3.47. The van der Waals surface area contributed by atoms with Crippen molar-refractivity contribution in [2.75, 3.05) is 0 Å². The van der Waals surface area contributed by atoms with E-state index < -0.39 is 0 Å². The minimum atomic E-state index is -0.252. The molecule has 1 amide bonds. The maximum atomic E-state index is 13.2. The predicted octanol–water partition coefficient (Wildman–Crippen LogP) is 4.96. The van der Waals surface area contributed by atoms with Crippen LogP contribution in [-0.2, 0) is 11.3 Å². The zero-order valence-corrected chi connectivity index (χ0v) is 15.9. The Labute approximate surface area is 163 Å². The molecule has 4 rings (SSSR count). The van der Waals surface area contributed by atoms with E-state index in [2.05, 4.69) is 16.4 Å². The highest BCUT2D eigenvalue weighted by atomic mass is 19.1. The Morgan fingerprint density at radius 2 is 1.86 bits per heavy atom. The lowest BCUT2D eigenvalue weighted by Gasteiger charge is -2.14. The molecule has 0 fully saturated rings. The van der Waals surface area contributed by atoms with Gasteiger partial charge in [0, 0.05) is 35.5 Å². The highest BCUT2D eigenvalue weighted by molar-refractivity contribution is 5.91. The van der Waals surface area contributed by atoms with Crippen molar-refractivity contribution in [2.45, 2.75) is 26.4 Å². The Morgan fingerprint density at radius 1 is 1.14 bits per heavy atom. The van der Waals surface area contributed by atoms with Gasteiger partial charge in [-0.2, -0.15) is 0 Å². The summed E-state index contributed by atoms with van der Waals surface area (Å²) < 4.78 is 15.1. The third-order valence-corrected chi connectivity index (χ3v) is 5.18. The third-order valence-electron chi connectivity index (χ3n) is 5.18. The standard InChI is InChI=1S/C23H22FN3O/c1-15-20-13-17(14-25-23(28)16(2)27-11-3-4-12-27)5-10-21(20)26-22(15)18-6-8-19(24)9-7-18/h3-13,16,26H,14H2,1-2H3,(H,25,28)/t16-/m0/s1. The molecule has 0 aliphatic carbocycles. The van der Waals surface area contributed by atoms with Gasteiger partial charge in [0.25, 0.3) is 0 Å². The van der Waals surface area contributed by atoms with Crippen LogP contribution >= 0.6 is 0 Å². The third kappa shape index (κ3) is 3.43. The van der Waals surface area contributed by atoms with E-state index in [0.29, 0.717) is 6.54 Å². The summed E-state index contributed by atoms with van der Waals surface area (Å²) in [7, 11) is 0. The lowest BCUT2D eigenvalue weighted by atomic mass is 10.0. The summed E-state index contributed by atoms with van der Waals surface area (Å²) in [5, 5.41) is 4.11. The number of hydrogen-bond acceptors (Lipinski definition) is 1. The van der Waals surface area contributed by atoms with Gasteiger partial charge in [0.1, 0.15) is 11.9 Å². The molecular formula is C23H22FN3O. The number of carbonyl (C=O) groups is 1. The Balaban J connectivity index is 1.54. The summed E-state index contributed by atoms with van der Waals surface area (Å²) in [5.74, 6) is -0.265. The SMILES string of the molecule is Cc1c(-c2ccc(F)cc2)[nH]c2ccc(CNC(=O)[C@H](C)n3cccc3)cc12. The van der Waals surface area contributed by atoms with Crippen LogP contribution in [0.4, 0.5) is 4.39 Å². The van der Waals surface area contributed by atoms with Gasteiger partial charge < -0.3 is 14.9 Å². The van der Waals surface area contributed by atoms with E-state index in [1.54, 1.807) is 12.1 Å². The van der Waals surface area contributed by atoms with Crippen LogP contribution in [-0.4, -0.2) is 15.5 Å². The van der Waals surface area contributed by atoms with Crippen molar-refractivity contribution >= 4 is 16.8 Å². The first-order valence-electron chi connectivity index (χ1n) is 9.30. The van der Waals surface area contributed by atoms with Gasteiger partial charge in [-0.15, -0.1) is 0 Å². The van der Waals surface area contributed by atoms with Crippen LogP contribution in [0.5, 0.6) is 0 Å². The summed E-state index contributed by atoms with van der Waals surface area (Å²) in [5.41, 5.74) is 5.10. The highest BCUT2D eigenvalue weighted by Gasteiger charge is 2.14. The number of fused-ring (bicyclic) bond motifs is 1. The van der Waals surface area contributed by atoms with Crippen molar-refractivity contribution in [2.24, 2.45) is 0 Å². The smallest absolute Gasteiger partial charge is 0.243 e. The van der Waals surface area contributed by atoms with Crippen molar-refractivity contribution in [3.8, 4) is 11.3 Å². The van der Waals surface area contributed by atoms with Crippen LogP contribution in [0.2, 0.25) is 0 Å². The number of rotatable bonds is 5. The summed E-state index contributed by atoms with van der Waals surface area (Å²) in [6, 6.07) is 16.2. The number of aromatic amines is 1. The number of aromatic nitrogens is 2. The van der Waals surface area contributed by atoms with Crippen molar-refractivity contribution in [3.63, 3.8) is 0 Å². The first-order valence-corrected chi connectivity index (χ1v) is 9.30. The molecule has 0 aliphatic rings. The molecule has 0 bridgehead atoms. The zero-order valence-electron chi connectivity index (χ0n) is 15.9. The van der Waals surface area contributed by atoms with Crippen molar-refractivity contribution < 1.29 is 9.18 Å². The van der Waals surface area contributed by atoms with Gasteiger partial charge >= 0.3 is 0 Å². The highest BCUT2D eigenvalue weighted by Crippen LogP contribution is 2.30. The number of halogens is 1. The van der Waals surface area contributed by atoms with Crippen LogP contribution in [0.1, 0.15) is 24.1 Å². The van der Waals surface area contributed by atoms with Gasteiger partial charge in [0.2, 0.25) is 5.91 Å². The van der Waals surface area contributed by atoms with Crippen LogP contribution in [0.3, 0.4) is 0 Å². The van der Waals surface area contributed by atoms with E-state index in [4.69, 9.17) is 0 Å². The zero-order chi connectivity index (χ0) is 19.7. The monoisotopic (exact) mass is 375 g/mol. The van der Waals surface area contributed by atoms with Crippen LogP contribution in [0, 0.1) is 12.7 Å². The first kappa shape index (κ1) is 18.0. The molecule has 28 heavy (non-hydrogen) atoms. The van der Waals surface area contributed by atoms with Gasteiger partial charge in [0.05, 0.1) is 0 Å². The lowest BCUT2D eigenvalue weighted by Crippen LogP contribution is -2.30. The number of hydrogen-bond donors (Lipinski definition) is 2. The average Bonchev–Trinajstić information content (AvgIpc) is 3.35. The molecule has 2 aromatic carbocycles. The minimum Gasteiger partial charge on any atom is -0.354 e. The molecule has 4 aromatic rings. The maximum absolute atomic E-state index is 13.2. The van der Waals surface area contributed by atoms with Crippen molar-refractivity contribution in [3.05, 3.63) is 83.9 Å². The van der Waals surface area contributed by atoms with Gasteiger partial charge in [-0.1, -0.05) is 6.07 Å². The molecule has 0 saturated carbocycles. The molecular weight excluding hydrogens is 353 g/mol. The van der Waals surface area contributed by atoms with E-state index in [1.807, 2.05) is 55.1 Å². The summed E-state index contributed by atoms with van der Waals surface area (Å²) in [6.07, 6.45) is 3.77. The Morgan fingerprint density at radius 3 is 2.57 bits per heavy atom. The topological polar surface area (TPSA) is 49.8 Å². The van der Waals surface area contributed by atoms with Crippen LogP contribution in [0.15, 0.2) is 67.0 Å². The van der Waals surface area contributed by atoms with Crippen LogP contribution in [0.25, 0.3) is 22.2 Å². The molecule has 0 saturated heterocycles. The lowest BCUT2D eigenvalue weighted by molar-refractivity contribution is -0.124. The number of carbonyl (C=O) groups excluding carboxylic acids is 1. The Hall–Kier alpha value is -3.34. The fraction of sp³-hybridized carbons (Fsp3) is 0.174. The van der Waals surface area contributed by atoms with Crippen molar-refractivity contribution in [1.82, 2.24) is 14.9 Å². The normalized spacial score (nSPS) is 12.2. The quantitative estimate of drug-likeness (QED) is 0.509. The predicted molar refractivity (Wildman–Crippen MR) is 109 cm³/mol. The van der Waals surface area contributed by atoms with Crippen LogP contribution < -0.4 is 5.32 Å². The van der Waals surface area contributed by atoms with Gasteiger partial charge in [0.15, 0.2) is 0 Å². The number of nitrogens with one attached hydrogen (secondary N) is 2. The van der Waals surface area contributed by atoms with E-state index >= 15 is 0 Å². The summed E-state index contributed by atoms with van der Waals surface area (Å²) in [4.78, 5) is 15.8. The largest absolute Gasteiger partial charge is 0.354 e. The number of benzene rings is 2. The second-order valence-corrected chi connectivity index (χ2v) is 7.04. The Kier molecular flexibility index (Phi) is 4.74. The molecule has 1 atom stereocenters. The van der Waals surface area contributed by atoms with Crippen molar-refractivity contribution in [1.29, 1.82) is 0 Å². The molecule has 0 spiro atoms. The summed E-state index contributed by atoms with van der Waals surface area (Å²) in [6.45, 7) is 4.40. The average molecular weight is 375 g/mol. The van der Waals surface area contributed by atoms with E-state index in [0.717, 1.165) is 33.3 Å². The number of H-pyrrole nitrogens is 1. The molecule has 2 N–H and O–H groups in total.